The summed E-state index contributed by atoms with van der Waals surface area (Å²) in [5.74, 6) is -2.06. The molecule has 1 aliphatic rings. The van der Waals surface area contributed by atoms with Crippen LogP contribution in [-0.2, 0) is 6.18 Å². The van der Waals surface area contributed by atoms with Crippen molar-refractivity contribution in [3.63, 3.8) is 0 Å². The molecule has 6 nitrogen and oxygen atoms in total. The number of fused-ring (bicyclic) bond motifs is 1. The number of nitrogens with one attached hydrogen (secondary N) is 1. The number of halogens is 4. The number of alkyl halides is 3. The summed E-state index contributed by atoms with van der Waals surface area (Å²) in [4.78, 5) is 12.6. The number of carbonyl (C=O) groups excluding carboxylic acids is 1. The van der Waals surface area contributed by atoms with E-state index >= 15 is 0 Å². The highest BCUT2D eigenvalue weighted by atomic mass is 19.4. The van der Waals surface area contributed by atoms with Crippen molar-refractivity contribution >= 4 is 11.6 Å². The van der Waals surface area contributed by atoms with Gasteiger partial charge in [0.2, 0.25) is 5.79 Å². The first-order valence-corrected chi connectivity index (χ1v) is 8.79. The zero-order valence-corrected chi connectivity index (χ0v) is 15.7. The summed E-state index contributed by atoms with van der Waals surface area (Å²) in [6, 6.07) is 9.29. The van der Waals surface area contributed by atoms with Gasteiger partial charge in [-0.2, -0.15) is 18.3 Å². The van der Waals surface area contributed by atoms with Crippen LogP contribution in [0.5, 0.6) is 11.5 Å². The van der Waals surface area contributed by atoms with Crippen LogP contribution in [0.25, 0.3) is 5.69 Å². The number of para-hydroxylation sites is 1. The van der Waals surface area contributed by atoms with Crippen molar-refractivity contribution in [1.29, 1.82) is 0 Å². The molecule has 0 spiro atoms. The smallest absolute Gasteiger partial charge is 0.434 e. The minimum atomic E-state index is -4.95. The molecule has 1 N–H and O–H groups in total. The fourth-order valence-corrected chi connectivity index (χ4v) is 3.09. The molecule has 2 heterocycles. The molecule has 0 aliphatic carbocycles. The van der Waals surface area contributed by atoms with Gasteiger partial charge in [-0.25, -0.2) is 9.07 Å². The van der Waals surface area contributed by atoms with Crippen LogP contribution in [0.4, 0.5) is 23.2 Å². The van der Waals surface area contributed by atoms with Crippen molar-refractivity contribution < 1.29 is 31.8 Å². The molecule has 30 heavy (non-hydrogen) atoms. The van der Waals surface area contributed by atoms with Gasteiger partial charge in [0.25, 0.3) is 5.91 Å². The van der Waals surface area contributed by atoms with Gasteiger partial charge >= 0.3 is 6.18 Å². The maximum atomic E-state index is 14.0. The van der Waals surface area contributed by atoms with E-state index in [-0.39, 0.29) is 5.69 Å². The van der Waals surface area contributed by atoms with E-state index in [9.17, 15) is 22.4 Å². The molecular weight excluding hydrogens is 406 g/mol. The molecule has 0 saturated carbocycles. The van der Waals surface area contributed by atoms with E-state index in [0.717, 1.165) is 18.3 Å². The van der Waals surface area contributed by atoms with Crippen LogP contribution in [0.15, 0.2) is 48.7 Å². The lowest BCUT2D eigenvalue weighted by molar-refractivity contribution is -0.143. The Morgan fingerprint density at radius 2 is 1.80 bits per heavy atom. The number of benzene rings is 2. The van der Waals surface area contributed by atoms with Crippen molar-refractivity contribution in [1.82, 2.24) is 9.78 Å². The third kappa shape index (κ3) is 3.56. The molecular formula is C20H15F4N3O3. The average molecular weight is 421 g/mol. The summed E-state index contributed by atoms with van der Waals surface area (Å²) in [6.07, 6.45) is -4.20. The molecule has 4 rings (SSSR count). The van der Waals surface area contributed by atoms with E-state index in [2.05, 4.69) is 10.4 Å². The average Bonchev–Trinajstić information content (AvgIpc) is 3.21. The first-order valence-electron chi connectivity index (χ1n) is 8.79. The van der Waals surface area contributed by atoms with Crippen LogP contribution in [0.3, 0.4) is 0 Å². The van der Waals surface area contributed by atoms with E-state index < -0.39 is 40.6 Å². The van der Waals surface area contributed by atoms with Crippen LogP contribution in [0, 0.1) is 5.82 Å². The third-order valence-corrected chi connectivity index (χ3v) is 4.28. The van der Waals surface area contributed by atoms with Gasteiger partial charge in [-0.15, -0.1) is 0 Å². The Balaban J connectivity index is 1.68. The molecule has 0 radical (unpaired) electrons. The number of rotatable bonds is 3. The number of aromatic nitrogens is 2. The Morgan fingerprint density at radius 1 is 1.10 bits per heavy atom. The lowest BCUT2D eigenvalue weighted by Gasteiger charge is -2.16. The topological polar surface area (TPSA) is 65.4 Å². The van der Waals surface area contributed by atoms with E-state index in [1.54, 1.807) is 13.8 Å². The van der Waals surface area contributed by atoms with Crippen molar-refractivity contribution in [2.24, 2.45) is 0 Å². The Morgan fingerprint density at radius 3 is 2.50 bits per heavy atom. The Bertz CT molecular complexity index is 1140. The second kappa shape index (κ2) is 6.75. The monoisotopic (exact) mass is 421 g/mol. The maximum Gasteiger partial charge on any atom is 0.434 e. The highest BCUT2D eigenvalue weighted by Crippen LogP contribution is 2.41. The molecule has 1 amide bonds. The summed E-state index contributed by atoms with van der Waals surface area (Å²) < 4.78 is 66.7. The zero-order valence-electron chi connectivity index (χ0n) is 15.7. The normalized spacial score (nSPS) is 14.6. The quantitative estimate of drug-likeness (QED) is 0.618. The van der Waals surface area contributed by atoms with Gasteiger partial charge in [-0.05, 0) is 24.3 Å². The lowest BCUT2D eigenvalue weighted by atomic mass is 10.2. The van der Waals surface area contributed by atoms with Gasteiger partial charge in [0.1, 0.15) is 11.5 Å². The molecule has 2 aromatic carbocycles. The summed E-state index contributed by atoms with van der Waals surface area (Å²) in [6.45, 7) is 3.38. The number of nitrogens with zero attached hydrogens (tertiary/aromatic N) is 2. The summed E-state index contributed by atoms with van der Waals surface area (Å²) in [5, 5.41) is 5.99. The van der Waals surface area contributed by atoms with E-state index in [1.807, 2.05) is 0 Å². The molecule has 0 fully saturated rings. The molecule has 0 unspecified atom stereocenters. The first kappa shape index (κ1) is 19.7. The fraction of sp³-hybridized carbons (Fsp3) is 0.200. The lowest BCUT2D eigenvalue weighted by Crippen LogP contribution is -2.29. The standard InChI is InChI=1S/C20H15F4N3O3/c1-19(2)29-15-8-7-11(9-16(15)30-19)26-18(28)12-10-25-27(17(12)20(22,23)24)14-6-4-3-5-13(14)21/h3-10H,1-2H3,(H,26,28). The number of hydrogen-bond acceptors (Lipinski definition) is 4. The molecule has 0 atom stereocenters. The summed E-state index contributed by atoms with van der Waals surface area (Å²) in [5.41, 5.74) is -2.35. The minimum Gasteiger partial charge on any atom is -0.449 e. The Hall–Kier alpha value is -3.56. The van der Waals surface area contributed by atoms with Crippen LogP contribution < -0.4 is 14.8 Å². The van der Waals surface area contributed by atoms with E-state index in [1.165, 1.54) is 30.3 Å². The predicted molar refractivity (Wildman–Crippen MR) is 98.3 cm³/mol. The van der Waals surface area contributed by atoms with Crippen LogP contribution in [0.2, 0.25) is 0 Å². The largest absolute Gasteiger partial charge is 0.449 e. The number of anilines is 1. The van der Waals surface area contributed by atoms with Crippen LogP contribution in [-0.4, -0.2) is 21.5 Å². The number of hydrogen-bond donors (Lipinski definition) is 1. The van der Waals surface area contributed by atoms with Crippen LogP contribution >= 0.6 is 0 Å². The summed E-state index contributed by atoms with van der Waals surface area (Å²) in [7, 11) is 0. The molecule has 0 bridgehead atoms. The van der Waals surface area contributed by atoms with Gasteiger partial charge in [-0.3, -0.25) is 4.79 Å². The molecule has 0 saturated heterocycles. The summed E-state index contributed by atoms with van der Waals surface area (Å²) >= 11 is 0. The highest BCUT2D eigenvalue weighted by Gasteiger charge is 2.41. The van der Waals surface area contributed by atoms with Gasteiger partial charge < -0.3 is 14.8 Å². The Labute approximate surface area is 168 Å². The van der Waals surface area contributed by atoms with Crippen molar-refractivity contribution in [2.75, 3.05) is 5.32 Å². The first-order chi connectivity index (χ1) is 14.0. The van der Waals surface area contributed by atoms with Crippen molar-refractivity contribution in [3.8, 4) is 17.2 Å². The molecule has 3 aromatic rings. The third-order valence-electron chi connectivity index (χ3n) is 4.28. The predicted octanol–water partition coefficient (Wildman–Crippen LogP) is 4.79. The van der Waals surface area contributed by atoms with E-state index in [4.69, 9.17) is 9.47 Å². The van der Waals surface area contributed by atoms with Crippen molar-refractivity contribution in [2.45, 2.75) is 25.8 Å². The number of amides is 1. The van der Waals surface area contributed by atoms with Crippen LogP contribution in [0.1, 0.15) is 29.9 Å². The second-order valence-electron chi connectivity index (χ2n) is 6.99. The minimum absolute atomic E-state index is 0.201. The zero-order chi connectivity index (χ0) is 21.7. The Kier molecular flexibility index (Phi) is 4.44. The number of ether oxygens (including phenoxy) is 2. The van der Waals surface area contributed by atoms with Gasteiger partial charge in [0, 0.05) is 25.6 Å². The second-order valence-corrected chi connectivity index (χ2v) is 6.99. The highest BCUT2D eigenvalue weighted by molar-refractivity contribution is 6.05. The molecule has 1 aromatic heterocycles. The maximum absolute atomic E-state index is 14.0. The fourth-order valence-electron chi connectivity index (χ4n) is 3.09. The SMILES string of the molecule is CC1(C)Oc2ccc(NC(=O)c3cnn(-c4ccccc4F)c3C(F)(F)F)cc2O1. The number of carbonyl (C=O) groups is 1. The van der Waals surface area contributed by atoms with Gasteiger partial charge in [-0.1, -0.05) is 12.1 Å². The van der Waals surface area contributed by atoms with E-state index in [0.29, 0.717) is 16.2 Å². The molecule has 10 heteroatoms. The molecule has 1 aliphatic heterocycles. The van der Waals surface area contributed by atoms with Gasteiger partial charge in [0.15, 0.2) is 17.2 Å². The van der Waals surface area contributed by atoms with Crippen molar-refractivity contribution in [3.05, 3.63) is 65.7 Å². The molecule has 156 valence electrons. The van der Waals surface area contributed by atoms with Gasteiger partial charge in [0.05, 0.1) is 11.8 Å².